The van der Waals surface area contributed by atoms with Crippen LogP contribution in [0.4, 0.5) is 0 Å². The van der Waals surface area contributed by atoms with Crippen LogP contribution >= 0.6 is 0 Å². The number of nitrogens with zero attached hydrogens (tertiary/aromatic N) is 3. The molecule has 0 rings (SSSR count). The molecule has 0 aromatic carbocycles. The van der Waals surface area contributed by atoms with Gasteiger partial charge in [-0.05, 0) is 0 Å². The summed E-state index contributed by atoms with van der Waals surface area (Å²) >= 11 is 11.1. The van der Waals surface area contributed by atoms with Gasteiger partial charge in [-0.3, -0.25) is 0 Å². The van der Waals surface area contributed by atoms with Gasteiger partial charge in [-0.2, -0.15) is 0 Å². The first kappa shape index (κ1) is 31.1. The van der Waals surface area contributed by atoms with Crippen molar-refractivity contribution in [2.24, 2.45) is 0 Å². The Balaban J connectivity index is -0.0000000150. The first-order valence-electron chi connectivity index (χ1n) is 1.28. The molecule has 0 aliphatic carbocycles. The van der Waals surface area contributed by atoms with Gasteiger partial charge in [0.15, 0.2) is 0 Å². The van der Waals surface area contributed by atoms with Gasteiger partial charge in [-0.25, -0.2) is 15.8 Å². The van der Waals surface area contributed by atoms with Crippen molar-refractivity contribution < 1.29 is 17.1 Å². The van der Waals surface area contributed by atoms with Gasteiger partial charge in [0, 0.05) is 0 Å². The molecule has 0 radical (unpaired) electrons. The van der Waals surface area contributed by atoms with E-state index in [0.29, 0.717) is 0 Å². The first-order valence-corrected chi connectivity index (χ1v) is 2.51. The molecule has 0 spiro atoms. The van der Waals surface area contributed by atoms with Crippen LogP contribution in [0.25, 0.3) is 0 Å². The fourth-order valence-corrected chi connectivity index (χ4v) is 0. The van der Waals surface area contributed by atoms with E-state index in [1.807, 2.05) is 0 Å². The molecule has 4 nitrogen and oxygen atoms in total. The van der Waals surface area contributed by atoms with Crippen LogP contribution in [0.1, 0.15) is 0 Å². The second-order valence-corrected chi connectivity index (χ2v) is 0.822. The Morgan fingerprint density at radius 3 is 0.727 bits per heavy atom. The second kappa shape index (κ2) is 105. The Morgan fingerprint density at radius 1 is 0.727 bits per heavy atom. The largest absolute Gasteiger partial charge is 2.00 e. The predicted molar refractivity (Wildman–Crippen MR) is 44.9 cm³/mol. The maximum absolute atomic E-state index is 7.13. The van der Waals surface area contributed by atoms with Gasteiger partial charge in [0.1, 0.15) is 0 Å². The summed E-state index contributed by atoms with van der Waals surface area (Å²) in [6.07, 6.45) is 0. The summed E-state index contributed by atoms with van der Waals surface area (Å²) in [6.45, 7) is 0. The molecule has 0 bridgehead atoms. The molecule has 11 heavy (non-hydrogen) atoms. The number of nitriles is 3. The fourth-order valence-electron chi connectivity index (χ4n) is 0. The Bertz CT molecular complexity index is 114. The van der Waals surface area contributed by atoms with Gasteiger partial charge in [0.05, 0.1) is 0 Å². The quantitative estimate of drug-likeness (QED) is 0.378. The summed E-state index contributed by atoms with van der Waals surface area (Å²) in [4.78, 5) is 0. The molecule has 0 atom stereocenters. The molecule has 0 aromatic rings. The first-order chi connectivity index (χ1) is 4.24. The normalized spacial score (nSPS) is 1.91. The smallest absolute Gasteiger partial charge is 0.696 e. The molecule has 0 heterocycles. The van der Waals surface area contributed by atoms with E-state index in [9.17, 15) is 0 Å². The molecule has 0 aromatic heterocycles. The van der Waals surface area contributed by atoms with Crippen molar-refractivity contribution in [3.8, 4) is 16.2 Å². The van der Waals surface area contributed by atoms with Crippen molar-refractivity contribution in [3.63, 3.8) is 0 Å². The van der Waals surface area contributed by atoms with Crippen LogP contribution in [0, 0.1) is 32.0 Å². The zero-order chi connectivity index (χ0) is 8.12. The number of quaternary nitrogens is 1. The number of thiocyanates is 3. The van der Waals surface area contributed by atoms with Gasteiger partial charge in [-0.15, -0.1) is 0 Å². The van der Waals surface area contributed by atoms with E-state index in [1.54, 1.807) is 0 Å². The van der Waals surface area contributed by atoms with E-state index in [-0.39, 0.29) is 23.2 Å². The van der Waals surface area contributed by atoms with Crippen LogP contribution in [-0.2, 0) is 55.0 Å². The summed E-state index contributed by atoms with van der Waals surface area (Å²) in [5.41, 5.74) is 0. The van der Waals surface area contributed by atoms with Gasteiger partial charge in [-0.1, -0.05) is 16.2 Å². The molecule has 0 amide bonds. The summed E-state index contributed by atoms with van der Waals surface area (Å²) in [6, 6.07) is 0. The van der Waals surface area contributed by atoms with Gasteiger partial charge in [0.2, 0.25) is 0 Å². The van der Waals surface area contributed by atoms with E-state index < -0.39 is 0 Å². The SMILES string of the molecule is N#C[S-].N#C[S-].N#C[S-].[Fe+2].[NH4+]. The Kier molecular flexibility index (Phi) is 296. The van der Waals surface area contributed by atoms with Crippen molar-refractivity contribution >= 4 is 37.9 Å². The van der Waals surface area contributed by atoms with E-state index in [2.05, 4.69) is 37.9 Å². The number of hydrogen-bond donors (Lipinski definition) is 1. The van der Waals surface area contributed by atoms with Crippen molar-refractivity contribution in [1.29, 1.82) is 15.8 Å². The minimum atomic E-state index is 0. The second-order valence-electron chi connectivity index (χ2n) is 0.274. The summed E-state index contributed by atoms with van der Waals surface area (Å²) in [5.74, 6) is 0. The maximum atomic E-state index is 7.13. The Morgan fingerprint density at radius 2 is 0.727 bits per heavy atom. The van der Waals surface area contributed by atoms with Crippen LogP contribution in [0.2, 0.25) is 0 Å². The zero-order valence-electron chi connectivity index (χ0n) is 5.42. The molecule has 62 valence electrons. The molecule has 0 saturated carbocycles. The Labute approximate surface area is 92.9 Å². The molecular formula is C3H4FeN4S3. The van der Waals surface area contributed by atoms with Crippen molar-refractivity contribution in [3.05, 3.63) is 0 Å². The van der Waals surface area contributed by atoms with E-state index >= 15 is 0 Å². The molecule has 0 unspecified atom stereocenters. The van der Waals surface area contributed by atoms with Crippen LogP contribution in [0.3, 0.4) is 0 Å². The average molecular weight is 248 g/mol. The molecule has 4 N–H and O–H groups in total. The number of rotatable bonds is 0. The van der Waals surface area contributed by atoms with Crippen LogP contribution in [0.15, 0.2) is 0 Å². The summed E-state index contributed by atoms with van der Waals surface area (Å²) in [5, 5.41) is 25.4. The molecule has 8 heteroatoms. The Hall–Kier alpha value is -0.391. The predicted octanol–water partition coefficient (Wildman–Crippen LogP) is 0.417. The molecule has 0 aliphatic rings. The maximum Gasteiger partial charge on any atom is 2.00 e. The minimum Gasteiger partial charge on any atom is -0.696 e. The third-order valence-electron chi connectivity index (χ3n) is 0. The van der Waals surface area contributed by atoms with E-state index in [4.69, 9.17) is 15.8 Å². The summed E-state index contributed by atoms with van der Waals surface area (Å²) < 4.78 is 0. The van der Waals surface area contributed by atoms with E-state index in [0.717, 1.165) is 0 Å². The minimum absolute atomic E-state index is 0. The van der Waals surface area contributed by atoms with Crippen molar-refractivity contribution in [2.45, 2.75) is 0 Å². The molecule has 0 aliphatic heterocycles. The van der Waals surface area contributed by atoms with Gasteiger partial charge < -0.3 is 44.0 Å². The van der Waals surface area contributed by atoms with Crippen molar-refractivity contribution in [2.75, 3.05) is 0 Å². The van der Waals surface area contributed by atoms with Crippen LogP contribution in [0.5, 0.6) is 0 Å². The van der Waals surface area contributed by atoms with Gasteiger partial charge >= 0.3 is 17.1 Å². The monoisotopic (exact) mass is 248 g/mol. The topological polar surface area (TPSA) is 108 Å². The van der Waals surface area contributed by atoms with E-state index in [1.165, 1.54) is 16.2 Å². The fraction of sp³-hybridized carbons (Fsp3) is 0. The summed E-state index contributed by atoms with van der Waals surface area (Å²) in [7, 11) is 0. The van der Waals surface area contributed by atoms with Crippen LogP contribution < -0.4 is 6.15 Å². The third-order valence-corrected chi connectivity index (χ3v) is 0. The molecule has 0 fully saturated rings. The van der Waals surface area contributed by atoms with Crippen molar-refractivity contribution in [1.82, 2.24) is 6.15 Å². The zero-order valence-corrected chi connectivity index (χ0v) is 8.97. The molecular weight excluding hydrogens is 244 g/mol. The van der Waals surface area contributed by atoms with Gasteiger partial charge in [0.25, 0.3) is 0 Å². The molecule has 0 saturated heterocycles. The average Bonchev–Trinajstić information content (AvgIpc) is 1.70. The third kappa shape index (κ3) is 3650. The standard InChI is InChI=1S/3CHNS.Fe.H3N/c3*2-1-3;;/h3*3H;;1H3/q;;;+2;/p-2. The van der Waals surface area contributed by atoms with Crippen LogP contribution in [-0.4, -0.2) is 0 Å². The number of hydrogen-bond acceptors (Lipinski definition) is 6.